The maximum absolute atomic E-state index is 6.14. The Kier molecular flexibility index (Phi) is 5.90. The zero-order chi connectivity index (χ0) is 12.0. The Morgan fingerprint density at radius 3 is 2.56 bits per heavy atom. The first-order chi connectivity index (χ1) is 7.65. The zero-order valence-electron chi connectivity index (χ0n) is 10.7. The Bertz CT molecular complexity index is 317. The van der Waals surface area contributed by atoms with E-state index in [-0.39, 0.29) is 0 Å². The molecule has 1 heteroatoms. The van der Waals surface area contributed by atoms with Gasteiger partial charge in [0.1, 0.15) is 0 Å². The highest BCUT2D eigenvalue weighted by atomic mass is 35.5. The summed E-state index contributed by atoms with van der Waals surface area (Å²) in [5.41, 5.74) is 2.55. The van der Waals surface area contributed by atoms with Crippen LogP contribution >= 0.6 is 11.6 Å². The molecule has 0 saturated carbocycles. The molecule has 0 aliphatic heterocycles. The first-order valence-electron chi connectivity index (χ1n) is 6.41. The van der Waals surface area contributed by atoms with Gasteiger partial charge in [-0.05, 0) is 36.5 Å². The Hall–Kier alpha value is -0.490. The summed E-state index contributed by atoms with van der Waals surface area (Å²) < 4.78 is 0. The molecule has 0 aromatic heterocycles. The van der Waals surface area contributed by atoms with Gasteiger partial charge in [-0.1, -0.05) is 63.3 Å². The minimum atomic E-state index is 0.634. The standard InChI is InChI=1S/C15H23Cl/c1-4-5-6-7-8-12(2)14-10-9-13(3)15(16)11-14/h9-12H,4-8H2,1-3H3. The van der Waals surface area contributed by atoms with Crippen LogP contribution in [0.1, 0.15) is 63.0 Å². The average Bonchev–Trinajstić information content (AvgIpc) is 2.28. The largest absolute Gasteiger partial charge is 0.0840 e. The van der Waals surface area contributed by atoms with Gasteiger partial charge in [0.15, 0.2) is 0 Å². The summed E-state index contributed by atoms with van der Waals surface area (Å²) in [7, 11) is 0. The van der Waals surface area contributed by atoms with E-state index in [0.29, 0.717) is 5.92 Å². The predicted molar refractivity (Wildman–Crippen MR) is 73.4 cm³/mol. The van der Waals surface area contributed by atoms with Crippen LogP contribution in [0.4, 0.5) is 0 Å². The minimum Gasteiger partial charge on any atom is -0.0840 e. The molecule has 1 aromatic rings. The molecule has 0 aliphatic carbocycles. The SMILES string of the molecule is CCCCCCC(C)c1ccc(C)c(Cl)c1. The van der Waals surface area contributed by atoms with Crippen LogP contribution in [0.25, 0.3) is 0 Å². The lowest BCUT2D eigenvalue weighted by Crippen LogP contribution is -1.94. The molecule has 1 aromatic carbocycles. The van der Waals surface area contributed by atoms with Gasteiger partial charge in [0.2, 0.25) is 0 Å². The Morgan fingerprint density at radius 1 is 1.19 bits per heavy atom. The van der Waals surface area contributed by atoms with Gasteiger partial charge in [-0.2, -0.15) is 0 Å². The topological polar surface area (TPSA) is 0 Å². The van der Waals surface area contributed by atoms with Crippen molar-refractivity contribution in [1.82, 2.24) is 0 Å². The van der Waals surface area contributed by atoms with E-state index in [9.17, 15) is 0 Å². The summed E-state index contributed by atoms with van der Waals surface area (Å²) in [5.74, 6) is 0.634. The molecule has 0 aliphatic rings. The molecule has 0 saturated heterocycles. The van der Waals surface area contributed by atoms with Gasteiger partial charge in [0.25, 0.3) is 0 Å². The molecule has 0 fully saturated rings. The van der Waals surface area contributed by atoms with Crippen LogP contribution in [-0.4, -0.2) is 0 Å². The molecule has 90 valence electrons. The molecule has 0 heterocycles. The second kappa shape index (κ2) is 6.96. The molecule has 0 spiro atoms. The van der Waals surface area contributed by atoms with Crippen molar-refractivity contribution in [1.29, 1.82) is 0 Å². The highest BCUT2D eigenvalue weighted by Crippen LogP contribution is 2.26. The predicted octanol–water partition coefficient (Wildman–Crippen LogP) is 5.72. The molecular weight excluding hydrogens is 216 g/mol. The lowest BCUT2D eigenvalue weighted by Gasteiger charge is -2.12. The van der Waals surface area contributed by atoms with Crippen molar-refractivity contribution in [3.63, 3.8) is 0 Å². The zero-order valence-corrected chi connectivity index (χ0v) is 11.5. The summed E-state index contributed by atoms with van der Waals surface area (Å²) in [6, 6.07) is 6.47. The molecule has 0 nitrogen and oxygen atoms in total. The quantitative estimate of drug-likeness (QED) is 0.556. The van der Waals surface area contributed by atoms with Gasteiger partial charge in [0.05, 0.1) is 0 Å². The molecule has 1 rings (SSSR count). The third-order valence-electron chi connectivity index (χ3n) is 3.26. The van der Waals surface area contributed by atoms with Gasteiger partial charge in [-0.3, -0.25) is 0 Å². The van der Waals surface area contributed by atoms with E-state index in [1.165, 1.54) is 43.2 Å². The molecule has 1 atom stereocenters. The Labute approximate surface area is 105 Å². The van der Waals surface area contributed by atoms with Crippen LogP contribution in [0.3, 0.4) is 0 Å². The van der Waals surface area contributed by atoms with E-state index in [0.717, 1.165) is 5.02 Å². The molecule has 0 bridgehead atoms. The molecular formula is C15H23Cl. The highest BCUT2D eigenvalue weighted by Gasteiger charge is 2.06. The number of benzene rings is 1. The van der Waals surface area contributed by atoms with Crippen molar-refractivity contribution >= 4 is 11.6 Å². The summed E-state index contributed by atoms with van der Waals surface area (Å²) in [4.78, 5) is 0. The molecule has 0 radical (unpaired) electrons. The molecule has 16 heavy (non-hydrogen) atoms. The maximum Gasteiger partial charge on any atom is 0.0438 e. The normalized spacial score (nSPS) is 12.8. The fourth-order valence-electron chi connectivity index (χ4n) is 1.96. The molecule has 0 amide bonds. The van der Waals surface area contributed by atoms with Gasteiger partial charge < -0.3 is 0 Å². The lowest BCUT2D eigenvalue weighted by atomic mass is 9.94. The minimum absolute atomic E-state index is 0.634. The number of aryl methyl sites for hydroxylation is 1. The molecule has 1 unspecified atom stereocenters. The number of hydrogen-bond donors (Lipinski definition) is 0. The lowest BCUT2D eigenvalue weighted by molar-refractivity contribution is 0.580. The van der Waals surface area contributed by atoms with Gasteiger partial charge in [-0.25, -0.2) is 0 Å². The van der Waals surface area contributed by atoms with Gasteiger partial charge >= 0.3 is 0 Å². The number of hydrogen-bond acceptors (Lipinski definition) is 0. The van der Waals surface area contributed by atoms with Gasteiger partial charge in [0, 0.05) is 5.02 Å². The second-order valence-corrected chi connectivity index (χ2v) is 5.17. The summed E-state index contributed by atoms with van der Waals surface area (Å²) in [5, 5.41) is 0.901. The Balaban J connectivity index is 2.46. The van der Waals surface area contributed by atoms with E-state index in [4.69, 9.17) is 11.6 Å². The van der Waals surface area contributed by atoms with Crippen LogP contribution in [0.15, 0.2) is 18.2 Å². The van der Waals surface area contributed by atoms with Crippen LogP contribution in [0.2, 0.25) is 5.02 Å². The first kappa shape index (κ1) is 13.6. The maximum atomic E-state index is 6.14. The highest BCUT2D eigenvalue weighted by molar-refractivity contribution is 6.31. The van der Waals surface area contributed by atoms with Crippen LogP contribution < -0.4 is 0 Å². The second-order valence-electron chi connectivity index (χ2n) is 4.76. The van der Waals surface area contributed by atoms with E-state index in [1.54, 1.807) is 0 Å². The van der Waals surface area contributed by atoms with E-state index in [1.807, 2.05) is 0 Å². The van der Waals surface area contributed by atoms with E-state index >= 15 is 0 Å². The van der Waals surface area contributed by atoms with Gasteiger partial charge in [-0.15, -0.1) is 0 Å². The van der Waals surface area contributed by atoms with Crippen molar-refractivity contribution in [3.8, 4) is 0 Å². The number of halogens is 1. The number of unbranched alkanes of at least 4 members (excludes halogenated alkanes) is 3. The Morgan fingerprint density at radius 2 is 1.94 bits per heavy atom. The van der Waals surface area contributed by atoms with Crippen LogP contribution in [-0.2, 0) is 0 Å². The van der Waals surface area contributed by atoms with Crippen molar-refractivity contribution < 1.29 is 0 Å². The van der Waals surface area contributed by atoms with Crippen LogP contribution in [0, 0.1) is 6.92 Å². The van der Waals surface area contributed by atoms with Crippen molar-refractivity contribution in [3.05, 3.63) is 34.3 Å². The fourth-order valence-corrected chi connectivity index (χ4v) is 2.15. The van der Waals surface area contributed by atoms with E-state index in [2.05, 4.69) is 39.0 Å². The number of rotatable bonds is 6. The smallest absolute Gasteiger partial charge is 0.0438 e. The van der Waals surface area contributed by atoms with Crippen molar-refractivity contribution in [2.45, 2.75) is 58.8 Å². The first-order valence-corrected chi connectivity index (χ1v) is 6.79. The van der Waals surface area contributed by atoms with Crippen molar-refractivity contribution in [2.75, 3.05) is 0 Å². The summed E-state index contributed by atoms with van der Waals surface area (Å²) >= 11 is 6.14. The third kappa shape index (κ3) is 4.17. The summed E-state index contributed by atoms with van der Waals surface area (Å²) in [6.45, 7) is 6.61. The van der Waals surface area contributed by atoms with E-state index < -0.39 is 0 Å². The average molecular weight is 239 g/mol. The van der Waals surface area contributed by atoms with Crippen molar-refractivity contribution in [2.24, 2.45) is 0 Å². The monoisotopic (exact) mass is 238 g/mol. The summed E-state index contributed by atoms with van der Waals surface area (Å²) in [6.07, 6.45) is 6.65. The third-order valence-corrected chi connectivity index (χ3v) is 3.66. The van der Waals surface area contributed by atoms with Crippen LogP contribution in [0.5, 0.6) is 0 Å². The fraction of sp³-hybridized carbons (Fsp3) is 0.600. The molecule has 0 N–H and O–H groups in total.